The lowest BCUT2D eigenvalue weighted by molar-refractivity contribution is 0.768. The van der Waals surface area contributed by atoms with E-state index >= 15 is 0 Å². The van der Waals surface area contributed by atoms with Gasteiger partial charge in [0.05, 0.1) is 11.9 Å². The maximum atomic E-state index is 4.35. The van der Waals surface area contributed by atoms with Gasteiger partial charge in [-0.1, -0.05) is 6.07 Å². The van der Waals surface area contributed by atoms with Crippen molar-refractivity contribution in [1.82, 2.24) is 24.4 Å². The van der Waals surface area contributed by atoms with E-state index in [1.807, 2.05) is 31.4 Å². The van der Waals surface area contributed by atoms with Crippen molar-refractivity contribution in [3.8, 4) is 0 Å². The highest BCUT2D eigenvalue weighted by molar-refractivity contribution is 9.10. The standard InChI is InChI=1S/C10H9BrN6/c1-16-6-7(5-12-16)13-10-14-9-4-2-3-8(11)17(9)15-10/h2-6H,1H3,(H,13,15). The van der Waals surface area contributed by atoms with Crippen LogP contribution in [0.2, 0.25) is 0 Å². The summed E-state index contributed by atoms with van der Waals surface area (Å²) in [6, 6.07) is 5.73. The summed E-state index contributed by atoms with van der Waals surface area (Å²) in [5, 5.41) is 11.5. The third-order valence-corrected chi connectivity index (χ3v) is 2.87. The molecule has 86 valence electrons. The minimum absolute atomic E-state index is 0.546. The van der Waals surface area contributed by atoms with Crippen LogP contribution in [0.3, 0.4) is 0 Å². The number of nitrogens with zero attached hydrogens (tertiary/aromatic N) is 5. The predicted octanol–water partition coefficient (Wildman–Crippen LogP) is 1.97. The average molecular weight is 293 g/mol. The molecule has 1 N–H and O–H groups in total. The minimum atomic E-state index is 0.546. The Morgan fingerprint density at radius 1 is 1.35 bits per heavy atom. The fourth-order valence-electron chi connectivity index (χ4n) is 1.54. The summed E-state index contributed by atoms with van der Waals surface area (Å²) in [5.41, 5.74) is 1.64. The van der Waals surface area contributed by atoms with Crippen LogP contribution in [0, 0.1) is 0 Å². The van der Waals surface area contributed by atoms with Crippen LogP contribution < -0.4 is 5.32 Å². The maximum absolute atomic E-state index is 4.35. The van der Waals surface area contributed by atoms with E-state index in [1.54, 1.807) is 15.4 Å². The molecule has 7 heteroatoms. The molecule has 0 spiro atoms. The van der Waals surface area contributed by atoms with Crippen molar-refractivity contribution in [2.24, 2.45) is 7.05 Å². The van der Waals surface area contributed by atoms with Crippen LogP contribution in [-0.4, -0.2) is 24.4 Å². The van der Waals surface area contributed by atoms with E-state index < -0.39 is 0 Å². The fraction of sp³-hybridized carbons (Fsp3) is 0.100. The molecule has 0 radical (unpaired) electrons. The van der Waals surface area contributed by atoms with Crippen LogP contribution in [0.25, 0.3) is 5.65 Å². The lowest BCUT2D eigenvalue weighted by Gasteiger charge is -1.94. The number of nitrogens with one attached hydrogen (secondary N) is 1. The molecule has 3 aromatic heterocycles. The van der Waals surface area contributed by atoms with Crippen LogP contribution in [0.1, 0.15) is 0 Å². The molecule has 6 nitrogen and oxygen atoms in total. The summed E-state index contributed by atoms with van der Waals surface area (Å²) in [4.78, 5) is 4.35. The first kappa shape index (κ1) is 10.3. The van der Waals surface area contributed by atoms with Crippen molar-refractivity contribution in [3.63, 3.8) is 0 Å². The van der Waals surface area contributed by atoms with Gasteiger partial charge in [0, 0.05) is 13.2 Å². The first-order valence-electron chi connectivity index (χ1n) is 4.99. The molecule has 0 amide bonds. The summed E-state index contributed by atoms with van der Waals surface area (Å²) in [7, 11) is 1.86. The number of rotatable bonds is 2. The van der Waals surface area contributed by atoms with Gasteiger partial charge >= 0.3 is 0 Å². The number of aromatic nitrogens is 5. The van der Waals surface area contributed by atoms with E-state index in [2.05, 4.69) is 36.4 Å². The largest absolute Gasteiger partial charge is 0.320 e. The zero-order valence-corrected chi connectivity index (χ0v) is 10.6. The molecule has 17 heavy (non-hydrogen) atoms. The number of halogens is 1. The molecular weight excluding hydrogens is 284 g/mol. The molecule has 0 aromatic carbocycles. The van der Waals surface area contributed by atoms with Gasteiger partial charge in [-0.3, -0.25) is 4.68 Å². The maximum Gasteiger partial charge on any atom is 0.247 e. The van der Waals surface area contributed by atoms with E-state index in [-0.39, 0.29) is 0 Å². The van der Waals surface area contributed by atoms with Gasteiger partial charge in [0.2, 0.25) is 5.95 Å². The molecule has 0 aliphatic rings. The molecule has 0 unspecified atom stereocenters. The highest BCUT2D eigenvalue weighted by Crippen LogP contribution is 2.16. The number of pyridine rings is 1. The van der Waals surface area contributed by atoms with Crippen molar-refractivity contribution in [2.75, 3.05) is 5.32 Å². The second-order valence-electron chi connectivity index (χ2n) is 3.58. The quantitative estimate of drug-likeness (QED) is 0.734. The highest BCUT2D eigenvalue weighted by atomic mass is 79.9. The number of aryl methyl sites for hydroxylation is 1. The Bertz CT molecular complexity index is 670. The normalized spacial score (nSPS) is 10.9. The fourth-order valence-corrected chi connectivity index (χ4v) is 1.95. The Hall–Kier alpha value is -1.89. The van der Waals surface area contributed by atoms with E-state index in [9.17, 15) is 0 Å². The van der Waals surface area contributed by atoms with Crippen LogP contribution in [0.4, 0.5) is 11.6 Å². The van der Waals surface area contributed by atoms with Crippen LogP contribution in [-0.2, 0) is 7.05 Å². The smallest absolute Gasteiger partial charge is 0.247 e. The predicted molar refractivity (Wildman–Crippen MR) is 67.2 cm³/mol. The number of hydrogen-bond acceptors (Lipinski definition) is 4. The number of anilines is 2. The molecule has 0 atom stereocenters. The van der Waals surface area contributed by atoms with Crippen LogP contribution in [0.15, 0.2) is 35.2 Å². The van der Waals surface area contributed by atoms with Gasteiger partial charge < -0.3 is 5.32 Å². The summed E-state index contributed by atoms with van der Waals surface area (Å²) < 4.78 is 4.30. The van der Waals surface area contributed by atoms with Crippen LogP contribution in [0.5, 0.6) is 0 Å². The first-order chi connectivity index (χ1) is 8.22. The molecule has 0 fully saturated rings. The summed E-state index contributed by atoms with van der Waals surface area (Å²) in [6.45, 7) is 0. The van der Waals surface area contributed by atoms with Crippen molar-refractivity contribution in [3.05, 3.63) is 35.2 Å². The average Bonchev–Trinajstić information content (AvgIpc) is 2.86. The SMILES string of the molecule is Cn1cc(Nc2nc3cccc(Br)n3n2)cn1. The first-order valence-corrected chi connectivity index (χ1v) is 5.78. The van der Waals surface area contributed by atoms with Crippen molar-refractivity contribution >= 4 is 33.2 Å². The van der Waals surface area contributed by atoms with Gasteiger partial charge in [-0.05, 0) is 28.1 Å². The van der Waals surface area contributed by atoms with Crippen LogP contribution >= 0.6 is 15.9 Å². The Labute approximate surface area is 105 Å². The molecule has 0 aliphatic heterocycles. The van der Waals surface area contributed by atoms with E-state index in [1.165, 1.54) is 0 Å². The monoisotopic (exact) mass is 292 g/mol. The second-order valence-corrected chi connectivity index (χ2v) is 4.39. The zero-order chi connectivity index (χ0) is 11.8. The van der Waals surface area contributed by atoms with Gasteiger partial charge in [0.15, 0.2) is 5.65 Å². The molecule has 3 heterocycles. The molecule has 0 aliphatic carbocycles. The highest BCUT2D eigenvalue weighted by Gasteiger charge is 2.06. The third kappa shape index (κ3) is 1.89. The molecule has 0 bridgehead atoms. The third-order valence-electron chi connectivity index (χ3n) is 2.27. The van der Waals surface area contributed by atoms with E-state index in [0.717, 1.165) is 15.9 Å². The summed E-state index contributed by atoms with van der Waals surface area (Å²) in [6.07, 6.45) is 3.58. The van der Waals surface area contributed by atoms with Gasteiger partial charge in [-0.2, -0.15) is 10.1 Å². The summed E-state index contributed by atoms with van der Waals surface area (Å²) in [5.74, 6) is 0.546. The van der Waals surface area contributed by atoms with Gasteiger partial charge in [0.1, 0.15) is 4.60 Å². The Morgan fingerprint density at radius 3 is 2.94 bits per heavy atom. The lowest BCUT2D eigenvalue weighted by Crippen LogP contribution is -1.92. The van der Waals surface area contributed by atoms with Crippen molar-refractivity contribution in [1.29, 1.82) is 0 Å². The van der Waals surface area contributed by atoms with Crippen molar-refractivity contribution < 1.29 is 0 Å². The van der Waals surface area contributed by atoms with Gasteiger partial charge in [-0.25, -0.2) is 4.52 Å². The second kappa shape index (κ2) is 3.85. The Kier molecular flexibility index (Phi) is 2.32. The topological polar surface area (TPSA) is 60.0 Å². The molecule has 0 saturated heterocycles. The molecule has 0 saturated carbocycles. The molecular formula is C10H9BrN6. The lowest BCUT2D eigenvalue weighted by atomic mass is 10.5. The van der Waals surface area contributed by atoms with E-state index in [4.69, 9.17) is 0 Å². The number of hydrogen-bond donors (Lipinski definition) is 1. The Balaban J connectivity index is 1.98. The molecule has 3 aromatic rings. The number of fused-ring (bicyclic) bond motifs is 1. The van der Waals surface area contributed by atoms with E-state index in [0.29, 0.717) is 5.95 Å². The summed E-state index contributed by atoms with van der Waals surface area (Å²) >= 11 is 3.42. The zero-order valence-electron chi connectivity index (χ0n) is 9.00. The van der Waals surface area contributed by atoms with Gasteiger partial charge in [0.25, 0.3) is 0 Å². The molecule has 3 rings (SSSR count). The minimum Gasteiger partial charge on any atom is -0.320 e. The Morgan fingerprint density at radius 2 is 2.24 bits per heavy atom. The van der Waals surface area contributed by atoms with Gasteiger partial charge in [-0.15, -0.1) is 5.10 Å². The van der Waals surface area contributed by atoms with Crippen molar-refractivity contribution in [2.45, 2.75) is 0 Å².